The van der Waals surface area contributed by atoms with Gasteiger partial charge in [-0.1, -0.05) is 34.8 Å². The fraction of sp³-hybridized carbons (Fsp3) is 0.429. The second-order valence-corrected chi connectivity index (χ2v) is 5.11. The average molecular weight is 270 g/mol. The van der Waals surface area contributed by atoms with Gasteiger partial charge in [-0.15, -0.1) is 0 Å². The van der Waals surface area contributed by atoms with Crippen molar-refractivity contribution in [2.24, 2.45) is 0 Å². The Morgan fingerprint density at radius 3 is 2.40 bits per heavy atom. The summed E-state index contributed by atoms with van der Waals surface area (Å²) in [6.07, 6.45) is 1.19. The number of alkyl halides is 3. The van der Waals surface area contributed by atoms with Gasteiger partial charge in [-0.2, -0.15) is 4.98 Å². The zero-order valence-electron chi connectivity index (χ0n) is 7.91. The number of aromatic nitrogens is 3. The largest absolute Gasteiger partial charge is 0.347 e. The number of Topliss-reactive ketones (excluding diaryl/α,β-unsaturated/α-hetero) is 1. The van der Waals surface area contributed by atoms with Crippen LogP contribution in [0.5, 0.6) is 0 Å². The van der Waals surface area contributed by atoms with Crippen LogP contribution in [0.15, 0.2) is 6.33 Å². The Balaban J connectivity index is 3.06. The van der Waals surface area contributed by atoms with Gasteiger partial charge in [0, 0.05) is 14.1 Å². The molecule has 0 N–H and O–H groups in total. The molecule has 1 heterocycles. The highest BCUT2D eigenvalue weighted by atomic mass is 35.6. The lowest BCUT2D eigenvalue weighted by Gasteiger charge is -2.11. The van der Waals surface area contributed by atoms with E-state index in [-0.39, 0.29) is 5.82 Å². The van der Waals surface area contributed by atoms with Gasteiger partial charge >= 0.3 is 0 Å². The molecule has 0 unspecified atom stereocenters. The van der Waals surface area contributed by atoms with Crippen molar-refractivity contribution in [1.29, 1.82) is 0 Å². The highest BCUT2D eigenvalue weighted by molar-refractivity contribution is 6.77. The molecule has 0 radical (unpaired) electrons. The third-order valence-electron chi connectivity index (χ3n) is 1.42. The van der Waals surface area contributed by atoms with E-state index in [9.17, 15) is 4.79 Å². The lowest BCUT2D eigenvalue weighted by molar-refractivity contribution is 0.0986. The molecule has 82 valence electrons. The summed E-state index contributed by atoms with van der Waals surface area (Å²) < 4.78 is -2.05. The van der Waals surface area contributed by atoms with Crippen LogP contribution >= 0.6 is 34.8 Å². The summed E-state index contributed by atoms with van der Waals surface area (Å²) in [5.41, 5.74) is 0. The summed E-state index contributed by atoms with van der Waals surface area (Å²) in [6.45, 7) is 0. The quantitative estimate of drug-likeness (QED) is 0.601. The molecule has 0 saturated heterocycles. The molecule has 0 amide bonds. The van der Waals surface area contributed by atoms with Crippen molar-refractivity contribution < 1.29 is 4.79 Å². The first-order valence-corrected chi connectivity index (χ1v) is 4.93. The van der Waals surface area contributed by atoms with Crippen molar-refractivity contribution >= 4 is 46.5 Å². The number of anilines is 1. The Kier molecular flexibility index (Phi) is 3.70. The highest BCUT2D eigenvalue weighted by Crippen LogP contribution is 2.29. The number of rotatable bonds is 2. The lowest BCUT2D eigenvalue weighted by Crippen LogP contribution is -2.23. The fourth-order valence-corrected chi connectivity index (χ4v) is 0.993. The van der Waals surface area contributed by atoms with Crippen molar-refractivity contribution in [2.75, 3.05) is 19.0 Å². The standard InChI is InChI=1S/C7H7Cl3N4O/c1-14(2)6-12-3-11-5(13-6)4(15)7(8,9)10/h3H,1-2H3. The Morgan fingerprint density at radius 2 is 1.93 bits per heavy atom. The Labute approximate surface area is 101 Å². The Morgan fingerprint density at radius 1 is 1.33 bits per heavy atom. The molecular weight excluding hydrogens is 262 g/mol. The van der Waals surface area contributed by atoms with Crippen LogP contribution in [0.3, 0.4) is 0 Å². The first kappa shape index (κ1) is 12.4. The maximum absolute atomic E-state index is 11.5. The second-order valence-electron chi connectivity index (χ2n) is 2.83. The van der Waals surface area contributed by atoms with E-state index in [2.05, 4.69) is 15.0 Å². The van der Waals surface area contributed by atoms with E-state index in [0.29, 0.717) is 5.95 Å². The first-order chi connectivity index (χ1) is 6.82. The molecule has 0 aliphatic carbocycles. The van der Waals surface area contributed by atoms with E-state index in [0.717, 1.165) is 0 Å². The topological polar surface area (TPSA) is 59.0 Å². The molecule has 0 fully saturated rings. The molecule has 1 rings (SSSR count). The van der Waals surface area contributed by atoms with Gasteiger partial charge < -0.3 is 4.90 Å². The molecule has 1 aromatic rings. The minimum Gasteiger partial charge on any atom is -0.347 e. The number of ketones is 1. The number of nitrogens with zero attached hydrogens (tertiary/aromatic N) is 4. The normalized spacial score (nSPS) is 11.3. The Hall–Kier alpha value is -0.650. The number of hydrogen-bond donors (Lipinski definition) is 0. The minimum absolute atomic E-state index is 0.172. The molecule has 1 aromatic heterocycles. The van der Waals surface area contributed by atoms with Crippen LogP contribution in [-0.2, 0) is 0 Å². The predicted molar refractivity (Wildman–Crippen MR) is 58.8 cm³/mol. The van der Waals surface area contributed by atoms with Crippen LogP contribution in [0, 0.1) is 0 Å². The van der Waals surface area contributed by atoms with Crippen LogP contribution in [0.4, 0.5) is 5.95 Å². The van der Waals surface area contributed by atoms with Crippen LogP contribution in [-0.4, -0.2) is 38.6 Å². The average Bonchev–Trinajstić information content (AvgIpc) is 2.15. The number of carbonyl (C=O) groups excluding carboxylic acids is 1. The molecule has 0 aromatic carbocycles. The molecule has 15 heavy (non-hydrogen) atoms. The summed E-state index contributed by atoms with van der Waals surface area (Å²) >= 11 is 16.3. The molecule has 0 spiro atoms. The zero-order chi connectivity index (χ0) is 11.6. The van der Waals surface area contributed by atoms with E-state index in [1.165, 1.54) is 6.33 Å². The van der Waals surface area contributed by atoms with Crippen LogP contribution in [0.25, 0.3) is 0 Å². The highest BCUT2D eigenvalue weighted by Gasteiger charge is 2.34. The van der Waals surface area contributed by atoms with Crippen molar-refractivity contribution in [3.05, 3.63) is 12.2 Å². The zero-order valence-corrected chi connectivity index (χ0v) is 10.2. The van der Waals surface area contributed by atoms with Crippen molar-refractivity contribution in [3.63, 3.8) is 0 Å². The smallest absolute Gasteiger partial charge is 0.256 e. The molecule has 0 saturated carbocycles. The van der Waals surface area contributed by atoms with Crippen molar-refractivity contribution in [1.82, 2.24) is 15.0 Å². The van der Waals surface area contributed by atoms with Crippen molar-refractivity contribution in [2.45, 2.75) is 3.79 Å². The summed E-state index contributed by atoms with van der Waals surface area (Å²) in [6, 6.07) is 0. The van der Waals surface area contributed by atoms with Crippen molar-refractivity contribution in [3.8, 4) is 0 Å². The summed E-state index contributed by atoms with van der Waals surface area (Å²) in [4.78, 5) is 24.4. The number of halogens is 3. The third kappa shape index (κ3) is 3.15. The fourth-order valence-electron chi connectivity index (χ4n) is 0.739. The van der Waals surface area contributed by atoms with Crippen LogP contribution in [0.2, 0.25) is 0 Å². The van der Waals surface area contributed by atoms with E-state index < -0.39 is 9.58 Å². The maximum atomic E-state index is 11.5. The van der Waals surface area contributed by atoms with Gasteiger partial charge in [-0.05, 0) is 0 Å². The van der Waals surface area contributed by atoms with Gasteiger partial charge in [0.25, 0.3) is 9.58 Å². The number of carbonyl (C=O) groups is 1. The van der Waals surface area contributed by atoms with E-state index >= 15 is 0 Å². The maximum Gasteiger partial charge on any atom is 0.256 e. The second kappa shape index (κ2) is 4.47. The molecule has 0 aliphatic heterocycles. The van der Waals surface area contributed by atoms with Gasteiger partial charge in [0.05, 0.1) is 0 Å². The van der Waals surface area contributed by atoms with Gasteiger partial charge in [0.15, 0.2) is 0 Å². The van der Waals surface area contributed by atoms with E-state index in [1.54, 1.807) is 19.0 Å². The molecule has 5 nitrogen and oxygen atoms in total. The Bertz CT molecular complexity index is 377. The summed E-state index contributed by atoms with van der Waals surface area (Å²) in [5.74, 6) is -0.630. The van der Waals surface area contributed by atoms with E-state index in [1.807, 2.05) is 0 Å². The van der Waals surface area contributed by atoms with E-state index in [4.69, 9.17) is 34.8 Å². The predicted octanol–water partition coefficient (Wildman–Crippen LogP) is 1.49. The first-order valence-electron chi connectivity index (χ1n) is 3.80. The lowest BCUT2D eigenvalue weighted by atomic mass is 10.4. The molecule has 0 bridgehead atoms. The molecule has 0 aliphatic rings. The molecule has 0 atom stereocenters. The third-order valence-corrected chi connectivity index (χ3v) is 1.93. The monoisotopic (exact) mass is 268 g/mol. The van der Waals surface area contributed by atoms with Gasteiger partial charge in [-0.3, -0.25) is 4.79 Å². The summed E-state index contributed by atoms with van der Waals surface area (Å²) in [5, 5.41) is 0. The van der Waals surface area contributed by atoms with Gasteiger partial charge in [0.1, 0.15) is 6.33 Å². The summed E-state index contributed by atoms with van der Waals surface area (Å²) in [7, 11) is 3.44. The molecular formula is C7H7Cl3N4O. The van der Waals surface area contributed by atoms with Gasteiger partial charge in [0.2, 0.25) is 11.8 Å². The van der Waals surface area contributed by atoms with Crippen LogP contribution in [0.1, 0.15) is 10.6 Å². The SMILES string of the molecule is CN(C)c1ncnc(C(=O)C(Cl)(Cl)Cl)n1. The minimum atomic E-state index is -2.05. The van der Waals surface area contributed by atoms with Crippen LogP contribution < -0.4 is 4.90 Å². The molecule has 8 heteroatoms. The number of hydrogen-bond acceptors (Lipinski definition) is 5. The van der Waals surface area contributed by atoms with Gasteiger partial charge in [-0.25, -0.2) is 9.97 Å².